The van der Waals surface area contributed by atoms with E-state index in [4.69, 9.17) is 4.74 Å². The Bertz CT molecular complexity index is 1310. The maximum Gasteiger partial charge on any atom is 0.412 e. The van der Waals surface area contributed by atoms with E-state index < -0.39 is 34.1 Å². The predicted octanol–water partition coefficient (Wildman–Crippen LogP) is 7.40. The molecule has 5 rings (SSSR count). The van der Waals surface area contributed by atoms with Crippen molar-refractivity contribution >= 4 is 46.0 Å². The molecule has 2 heterocycles. The topological polar surface area (TPSA) is 75.6 Å². The molecule has 180 valence electrons. The lowest BCUT2D eigenvalue weighted by Crippen LogP contribution is -2.41. The fourth-order valence-corrected chi connectivity index (χ4v) is 6.72. The minimum absolute atomic E-state index is 0.253. The highest BCUT2D eigenvalue weighted by Gasteiger charge is 2.65. The number of nitrogens with one attached hydrogen (secondary N) is 1. The molecule has 1 fully saturated rings. The number of carbonyl (C=O) groups excluding carboxylic acids is 1. The molecule has 3 aromatic rings. The maximum absolute atomic E-state index is 14.6. The van der Waals surface area contributed by atoms with Gasteiger partial charge >= 0.3 is 12.1 Å². The Hall–Kier alpha value is -3.23. The second kappa shape index (κ2) is 9.09. The van der Waals surface area contributed by atoms with Crippen molar-refractivity contribution in [2.24, 2.45) is 5.41 Å². The van der Waals surface area contributed by atoms with E-state index in [-0.39, 0.29) is 5.69 Å². The summed E-state index contributed by atoms with van der Waals surface area (Å²) in [5.41, 5.74) is 1.10. The van der Waals surface area contributed by atoms with Crippen LogP contribution in [-0.2, 0) is 14.9 Å². The zero-order chi connectivity index (χ0) is 24.6. The summed E-state index contributed by atoms with van der Waals surface area (Å²) < 4.78 is 20.1. The van der Waals surface area contributed by atoms with Crippen molar-refractivity contribution in [1.82, 2.24) is 0 Å². The number of halogens is 1. The van der Waals surface area contributed by atoms with Crippen LogP contribution in [0.1, 0.15) is 48.3 Å². The minimum atomic E-state index is -1.05. The fourth-order valence-electron chi connectivity index (χ4n) is 4.86. The van der Waals surface area contributed by atoms with Gasteiger partial charge in [0.25, 0.3) is 0 Å². The molecule has 1 saturated carbocycles. The van der Waals surface area contributed by atoms with E-state index in [1.165, 1.54) is 17.4 Å². The van der Waals surface area contributed by atoms with Crippen LogP contribution in [0.25, 0.3) is 5.57 Å². The maximum atomic E-state index is 14.6. The van der Waals surface area contributed by atoms with Gasteiger partial charge in [0.2, 0.25) is 0 Å². The van der Waals surface area contributed by atoms with Gasteiger partial charge in [-0.3, -0.25) is 10.1 Å². The number of rotatable bonds is 7. The first-order chi connectivity index (χ1) is 16.8. The Kier molecular flexibility index (Phi) is 6.11. The summed E-state index contributed by atoms with van der Waals surface area (Å²) >= 11 is 2.39. The highest BCUT2D eigenvalue weighted by atomic mass is 32.1. The Balaban J connectivity index is 1.48. The first kappa shape index (κ1) is 23.5. The minimum Gasteiger partial charge on any atom is -0.481 e. The average Bonchev–Trinajstić information content (AvgIpc) is 3.33. The summed E-state index contributed by atoms with van der Waals surface area (Å²) in [4.78, 5) is 25.7. The first-order valence-corrected chi connectivity index (χ1v) is 13.1. The number of thiophene rings is 2. The van der Waals surface area contributed by atoms with Crippen LogP contribution in [0.5, 0.6) is 0 Å². The molecule has 0 saturated heterocycles. The van der Waals surface area contributed by atoms with E-state index in [0.29, 0.717) is 24.1 Å². The van der Waals surface area contributed by atoms with E-state index >= 15 is 0 Å². The second-order valence-corrected chi connectivity index (χ2v) is 10.7. The van der Waals surface area contributed by atoms with Gasteiger partial charge in [-0.1, -0.05) is 48.6 Å². The zero-order valence-electron chi connectivity index (χ0n) is 19.0. The lowest BCUT2D eigenvalue weighted by molar-refractivity contribution is -0.145. The summed E-state index contributed by atoms with van der Waals surface area (Å²) in [6, 6.07) is 13.0. The number of anilines is 1. The Labute approximate surface area is 210 Å². The van der Waals surface area contributed by atoms with Crippen molar-refractivity contribution in [2.45, 2.75) is 37.7 Å². The number of benzene rings is 1. The normalized spacial score (nSPS) is 21.1. The van der Waals surface area contributed by atoms with E-state index in [1.807, 2.05) is 65.4 Å². The molecule has 2 aromatic heterocycles. The van der Waals surface area contributed by atoms with Gasteiger partial charge in [-0.15, -0.1) is 11.3 Å². The summed E-state index contributed by atoms with van der Waals surface area (Å²) in [7, 11) is 0. The van der Waals surface area contributed by atoms with Crippen molar-refractivity contribution in [3.8, 4) is 0 Å². The molecule has 1 amide bonds. The molecule has 0 spiro atoms. The lowest BCUT2D eigenvalue weighted by atomic mass is 9.66. The van der Waals surface area contributed by atoms with Crippen molar-refractivity contribution in [2.75, 3.05) is 5.32 Å². The molecular formula is C27H24FNO4S2. The fraction of sp³-hybridized carbons (Fsp3) is 0.259. The number of ether oxygens (including phenoxy) is 1. The average molecular weight is 510 g/mol. The van der Waals surface area contributed by atoms with Gasteiger partial charge in [-0.25, -0.2) is 4.79 Å². The van der Waals surface area contributed by atoms with Crippen molar-refractivity contribution in [1.29, 1.82) is 0 Å². The summed E-state index contributed by atoms with van der Waals surface area (Å²) in [6.45, 7) is 1.77. The van der Waals surface area contributed by atoms with Crippen LogP contribution >= 0.6 is 22.7 Å². The zero-order valence-corrected chi connectivity index (χ0v) is 20.6. The van der Waals surface area contributed by atoms with E-state index in [2.05, 4.69) is 5.32 Å². The third-order valence-corrected chi connectivity index (χ3v) is 8.75. The molecule has 0 bridgehead atoms. The van der Waals surface area contributed by atoms with Gasteiger partial charge in [0, 0.05) is 21.9 Å². The van der Waals surface area contributed by atoms with E-state index in [9.17, 15) is 19.1 Å². The molecule has 2 unspecified atom stereocenters. The monoisotopic (exact) mass is 509 g/mol. The largest absolute Gasteiger partial charge is 0.481 e. The van der Waals surface area contributed by atoms with Crippen LogP contribution in [0, 0.1) is 10.5 Å². The number of hydrogen-bond acceptors (Lipinski definition) is 5. The van der Waals surface area contributed by atoms with Gasteiger partial charge in [-0.2, -0.15) is 15.7 Å². The number of allylic oxidation sites excluding steroid dienone is 4. The van der Waals surface area contributed by atoms with Gasteiger partial charge in [0.1, 0.15) is 6.10 Å². The van der Waals surface area contributed by atoms with Crippen molar-refractivity contribution in [3.63, 3.8) is 0 Å². The molecule has 2 aliphatic carbocycles. The number of hydrogen-bond donors (Lipinski definition) is 2. The van der Waals surface area contributed by atoms with Gasteiger partial charge in [0.05, 0.1) is 11.1 Å². The quantitative estimate of drug-likeness (QED) is 0.348. The smallest absolute Gasteiger partial charge is 0.412 e. The van der Waals surface area contributed by atoms with Crippen LogP contribution in [0.15, 0.2) is 71.5 Å². The molecule has 2 N–H and O–H groups in total. The molecular weight excluding hydrogens is 485 g/mol. The van der Waals surface area contributed by atoms with Crippen LogP contribution in [0.4, 0.5) is 14.9 Å². The number of aliphatic carboxylic acids is 1. The molecule has 2 atom stereocenters. The summed E-state index contributed by atoms with van der Waals surface area (Å²) in [5, 5.41) is 16.2. The SMILES string of the molecule is CC(OC(=O)Nc1cc(F)sc1C1(C2(C(=O)O)CC2)C=CC(c2ccccc2)=CC1)c1ccsc1. The standard InChI is InChI=1S/C27H24FNO4S2/c1-17(20-9-14-34-16-20)33-25(32)29-21-15-22(28)35-23(21)26(27(12-13-27)24(30)31)10-7-19(8-11-26)18-5-3-2-4-6-18/h2-10,14-17H,11-13H2,1H3,(H,29,32)(H,30,31). The third kappa shape index (κ3) is 4.21. The lowest BCUT2D eigenvalue weighted by Gasteiger charge is -2.38. The van der Waals surface area contributed by atoms with Gasteiger partial charge in [-0.05, 0) is 54.1 Å². The van der Waals surface area contributed by atoms with Crippen molar-refractivity contribution in [3.05, 3.63) is 92.6 Å². The molecule has 2 aliphatic rings. The Morgan fingerprint density at radius 1 is 1.20 bits per heavy atom. The summed E-state index contributed by atoms with van der Waals surface area (Å²) in [6.07, 6.45) is 6.00. The Morgan fingerprint density at radius 3 is 2.57 bits per heavy atom. The van der Waals surface area contributed by atoms with Crippen LogP contribution in [-0.4, -0.2) is 17.2 Å². The molecule has 0 radical (unpaired) electrons. The van der Waals surface area contributed by atoms with Crippen LogP contribution < -0.4 is 5.32 Å². The molecule has 1 aromatic carbocycles. The third-order valence-electron chi connectivity index (χ3n) is 6.95. The number of carboxylic acid groups (broad SMARTS) is 1. The van der Waals surface area contributed by atoms with E-state index in [1.54, 1.807) is 6.92 Å². The summed E-state index contributed by atoms with van der Waals surface area (Å²) in [5.74, 6) is -0.910. The molecule has 0 aliphatic heterocycles. The van der Waals surface area contributed by atoms with Gasteiger partial charge in [0.15, 0.2) is 5.13 Å². The van der Waals surface area contributed by atoms with Crippen LogP contribution in [0.3, 0.4) is 0 Å². The molecule has 8 heteroatoms. The first-order valence-electron chi connectivity index (χ1n) is 11.3. The number of carbonyl (C=O) groups is 2. The number of carboxylic acids is 1. The number of amides is 1. The van der Waals surface area contributed by atoms with E-state index in [0.717, 1.165) is 28.0 Å². The molecule has 35 heavy (non-hydrogen) atoms. The second-order valence-electron chi connectivity index (χ2n) is 8.94. The Morgan fingerprint density at radius 2 is 1.97 bits per heavy atom. The predicted molar refractivity (Wildman–Crippen MR) is 136 cm³/mol. The van der Waals surface area contributed by atoms with Crippen molar-refractivity contribution < 1.29 is 23.8 Å². The van der Waals surface area contributed by atoms with Gasteiger partial charge < -0.3 is 9.84 Å². The van der Waals surface area contributed by atoms with Crippen LogP contribution in [0.2, 0.25) is 0 Å². The molecule has 5 nitrogen and oxygen atoms in total. The highest BCUT2D eigenvalue weighted by Crippen LogP contribution is 2.65. The highest BCUT2D eigenvalue weighted by molar-refractivity contribution is 7.11.